The molecule has 2 heterocycles. The first kappa shape index (κ1) is 27.3. The summed E-state index contributed by atoms with van der Waals surface area (Å²) in [4.78, 5) is 76.7. The molecule has 0 fully saturated rings. The van der Waals surface area contributed by atoms with Gasteiger partial charge < -0.3 is 10.2 Å². The molecule has 0 spiro atoms. The number of imide groups is 2. The van der Waals surface area contributed by atoms with E-state index in [4.69, 9.17) is 0 Å². The minimum Gasteiger partial charge on any atom is -0.478 e. The first-order valence-electron chi connectivity index (χ1n) is 13.1. The van der Waals surface area contributed by atoms with Crippen molar-refractivity contribution in [1.29, 1.82) is 0 Å². The number of carboxylic acids is 2. The predicted molar refractivity (Wildman–Crippen MR) is 154 cm³/mol. The van der Waals surface area contributed by atoms with Crippen molar-refractivity contribution in [3.63, 3.8) is 0 Å². The van der Waals surface area contributed by atoms with E-state index in [0.717, 1.165) is 20.9 Å². The topological polar surface area (TPSA) is 149 Å². The lowest BCUT2D eigenvalue weighted by molar-refractivity contribution is 0.0686. The molecule has 10 nitrogen and oxygen atoms in total. The Morgan fingerprint density at radius 2 is 0.837 bits per heavy atom. The minimum absolute atomic E-state index is 0.0368. The number of benzene rings is 4. The normalized spacial score (nSPS) is 14.3. The smallest absolute Gasteiger partial charge is 0.335 e. The molecule has 4 aromatic rings. The molecule has 10 heteroatoms. The fourth-order valence-corrected chi connectivity index (χ4v) is 5.44. The fraction of sp³-hybridized carbons (Fsp3) is 0.0909. The van der Waals surface area contributed by atoms with Crippen LogP contribution in [-0.2, 0) is 5.41 Å². The number of aromatic carboxylic acids is 2. The number of anilines is 2. The van der Waals surface area contributed by atoms with Crippen molar-refractivity contribution in [2.24, 2.45) is 0 Å². The van der Waals surface area contributed by atoms with E-state index in [0.29, 0.717) is 11.4 Å². The average Bonchev–Trinajstić information content (AvgIpc) is 3.40. The molecule has 0 atom stereocenters. The van der Waals surface area contributed by atoms with Crippen LogP contribution in [0.15, 0.2) is 84.9 Å². The van der Waals surface area contributed by atoms with Crippen LogP contribution in [0.2, 0.25) is 0 Å². The molecular formula is C33H22N2O8. The molecular weight excluding hydrogens is 552 g/mol. The Hall–Kier alpha value is -5.90. The van der Waals surface area contributed by atoms with Crippen LogP contribution in [0, 0.1) is 0 Å². The number of carbonyl (C=O) groups is 6. The molecule has 0 aromatic heterocycles. The van der Waals surface area contributed by atoms with E-state index >= 15 is 0 Å². The van der Waals surface area contributed by atoms with Crippen molar-refractivity contribution >= 4 is 46.9 Å². The van der Waals surface area contributed by atoms with Crippen LogP contribution in [-0.4, -0.2) is 45.8 Å². The summed E-state index contributed by atoms with van der Waals surface area (Å²) in [5.41, 5.74) is 2.02. The monoisotopic (exact) mass is 574 g/mol. The van der Waals surface area contributed by atoms with Crippen LogP contribution < -0.4 is 9.80 Å². The average molecular weight is 575 g/mol. The van der Waals surface area contributed by atoms with E-state index in [1.165, 1.54) is 36.4 Å². The van der Waals surface area contributed by atoms with Gasteiger partial charge in [0.15, 0.2) is 0 Å². The number of nitrogens with zero attached hydrogens (tertiary/aromatic N) is 2. The Bertz CT molecular complexity index is 1780. The van der Waals surface area contributed by atoms with Crippen LogP contribution in [0.1, 0.15) is 87.1 Å². The highest BCUT2D eigenvalue weighted by Gasteiger charge is 2.39. The van der Waals surface area contributed by atoms with E-state index in [1.807, 2.05) is 13.8 Å². The van der Waals surface area contributed by atoms with Gasteiger partial charge in [-0.05, 0) is 71.8 Å². The molecule has 4 amide bonds. The molecule has 2 N–H and O–H groups in total. The maximum Gasteiger partial charge on any atom is 0.335 e. The summed E-state index contributed by atoms with van der Waals surface area (Å²) in [5, 5.41) is 18.5. The van der Waals surface area contributed by atoms with Gasteiger partial charge in [-0.3, -0.25) is 19.2 Å². The number of fused-ring (bicyclic) bond motifs is 2. The zero-order valence-corrected chi connectivity index (χ0v) is 22.8. The standard InChI is InChI=1S/C33H22N2O8/c1-33(2,19-5-9-21(10-6-19)34-27(36)23-13-3-17(31(40)41)15-25(23)29(34)38)20-7-11-22(12-8-20)35-28(37)24-14-4-18(32(42)43)16-26(24)30(35)39/h3-16H,1-2H3,(H,40,41)(H,42,43). The lowest BCUT2D eigenvalue weighted by Gasteiger charge is -2.27. The van der Waals surface area contributed by atoms with Crippen LogP contribution >= 0.6 is 0 Å². The summed E-state index contributed by atoms with van der Waals surface area (Å²) < 4.78 is 0. The molecule has 212 valence electrons. The third-order valence-electron chi connectivity index (χ3n) is 7.96. The highest BCUT2D eigenvalue weighted by molar-refractivity contribution is 6.35. The summed E-state index contributed by atoms with van der Waals surface area (Å²) in [6, 6.07) is 21.4. The van der Waals surface area contributed by atoms with Crippen molar-refractivity contribution in [1.82, 2.24) is 0 Å². The van der Waals surface area contributed by atoms with Crippen LogP contribution in [0.25, 0.3) is 0 Å². The van der Waals surface area contributed by atoms with Crippen LogP contribution in [0.5, 0.6) is 0 Å². The van der Waals surface area contributed by atoms with Gasteiger partial charge in [-0.15, -0.1) is 0 Å². The summed E-state index contributed by atoms with van der Waals surface area (Å²) in [6.07, 6.45) is 0. The van der Waals surface area contributed by atoms with E-state index in [1.54, 1.807) is 48.5 Å². The summed E-state index contributed by atoms with van der Waals surface area (Å²) in [6.45, 7) is 3.95. The van der Waals surface area contributed by atoms with Crippen LogP contribution in [0.3, 0.4) is 0 Å². The molecule has 0 aliphatic carbocycles. The van der Waals surface area contributed by atoms with Gasteiger partial charge in [-0.2, -0.15) is 0 Å². The zero-order valence-electron chi connectivity index (χ0n) is 22.8. The Morgan fingerprint density at radius 1 is 0.512 bits per heavy atom. The maximum absolute atomic E-state index is 13.0. The summed E-state index contributed by atoms with van der Waals surface area (Å²) in [7, 11) is 0. The predicted octanol–water partition coefficient (Wildman–Crippen LogP) is 5.01. The van der Waals surface area contributed by atoms with E-state index in [2.05, 4.69) is 0 Å². The van der Waals surface area contributed by atoms with Gasteiger partial charge in [0.05, 0.1) is 44.8 Å². The van der Waals surface area contributed by atoms with E-state index in [9.17, 15) is 39.0 Å². The molecule has 0 unspecified atom stereocenters. The molecule has 0 saturated carbocycles. The number of amides is 4. The van der Waals surface area contributed by atoms with Crippen molar-refractivity contribution < 1.29 is 39.0 Å². The second kappa shape index (κ2) is 9.59. The Labute approximate surface area is 244 Å². The van der Waals surface area contributed by atoms with Crippen molar-refractivity contribution in [3.05, 3.63) is 129 Å². The van der Waals surface area contributed by atoms with Crippen molar-refractivity contribution in [2.45, 2.75) is 19.3 Å². The van der Waals surface area contributed by atoms with Gasteiger partial charge in [-0.25, -0.2) is 19.4 Å². The summed E-state index contributed by atoms with van der Waals surface area (Å²) >= 11 is 0. The van der Waals surface area contributed by atoms with E-state index in [-0.39, 0.29) is 33.4 Å². The van der Waals surface area contributed by atoms with Gasteiger partial charge in [0, 0.05) is 5.41 Å². The van der Waals surface area contributed by atoms with E-state index < -0.39 is 41.0 Å². The first-order valence-corrected chi connectivity index (χ1v) is 13.1. The van der Waals surface area contributed by atoms with Crippen LogP contribution in [0.4, 0.5) is 11.4 Å². The van der Waals surface area contributed by atoms with Crippen molar-refractivity contribution in [2.75, 3.05) is 9.80 Å². The molecule has 0 radical (unpaired) electrons. The quantitative estimate of drug-likeness (QED) is 0.305. The third-order valence-corrected chi connectivity index (χ3v) is 7.96. The van der Waals surface area contributed by atoms with Gasteiger partial charge in [0.2, 0.25) is 0 Å². The molecule has 43 heavy (non-hydrogen) atoms. The Kier molecular flexibility index (Phi) is 6.08. The molecule has 0 bridgehead atoms. The highest BCUT2D eigenvalue weighted by Crippen LogP contribution is 2.36. The van der Waals surface area contributed by atoms with Gasteiger partial charge >= 0.3 is 11.9 Å². The lowest BCUT2D eigenvalue weighted by atomic mass is 9.78. The van der Waals surface area contributed by atoms with Crippen molar-refractivity contribution in [3.8, 4) is 0 Å². The Morgan fingerprint density at radius 3 is 1.16 bits per heavy atom. The highest BCUT2D eigenvalue weighted by atomic mass is 16.4. The molecule has 6 rings (SSSR count). The van der Waals surface area contributed by atoms with Gasteiger partial charge in [0.1, 0.15) is 0 Å². The number of carboxylic acid groups (broad SMARTS) is 2. The molecule has 2 aliphatic rings. The first-order chi connectivity index (χ1) is 20.4. The lowest BCUT2D eigenvalue weighted by Crippen LogP contribution is -2.30. The number of hydrogen-bond donors (Lipinski definition) is 2. The molecule has 0 saturated heterocycles. The fourth-order valence-electron chi connectivity index (χ4n) is 5.44. The van der Waals surface area contributed by atoms with Gasteiger partial charge in [0.25, 0.3) is 23.6 Å². The molecule has 2 aliphatic heterocycles. The minimum atomic E-state index is -1.20. The largest absolute Gasteiger partial charge is 0.478 e. The maximum atomic E-state index is 13.0. The zero-order chi connectivity index (χ0) is 30.8. The number of rotatable bonds is 6. The third kappa shape index (κ3) is 4.19. The number of hydrogen-bond acceptors (Lipinski definition) is 6. The second-order valence-corrected chi connectivity index (χ2v) is 10.7. The Balaban J connectivity index is 1.23. The number of carbonyl (C=O) groups excluding carboxylic acids is 4. The second-order valence-electron chi connectivity index (χ2n) is 10.7. The molecule has 4 aromatic carbocycles. The van der Waals surface area contributed by atoms with Gasteiger partial charge in [-0.1, -0.05) is 38.1 Å². The summed E-state index contributed by atoms with van der Waals surface area (Å²) in [5.74, 6) is -4.66. The SMILES string of the molecule is CC(C)(c1ccc(N2C(=O)c3ccc(C(=O)O)cc3C2=O)cc1)c1ccc(N2C(=O)c3ccc(C(=O)O)cc3C2=O)cc1.